The van der Waals surface area contributed by atoms with Crippen molar-refractivity contribution in [1.29, 1.82) is 0 Å². The molecule has 4 aliphatic rings. The van der Waals surface area contributed by atoms with Gasteiger partial charge < -0.3 is 19.4 Å². The Morgan fingerprint density at radius 1 is 1.12 bits per heavy atom. The summed E-state index contributed by atoms with van der Waals surface area (Å²) in [6, 6.07) is 1.92. The Bertz CT molecular complexity index is 883. The van der Waals surface area contributed by atoms with E-state index in [-0.39, 0.29) is 36.3 Å². The molecule has 1 heterocycles. The predicted octanol–water partition coefficient (Wildman–Crippen LogP) is 3.76. The molecule has 0 radical (unpaired) electrons. The van der Waals surface area contributed by atoms with Crippen LogP contribution < -0.4 is 5.32 Å². The number of ether oxygens (including phenoxy) is 2. The lowest BCUT2D eigenvalue weighted by atomic mass is 9.49. The highest BCUT2D eigenvalue weighted by molar-refractivity contribution is 5.99. The molecule has 1 amide bonds. The zero-order valence-corrected chi connectivity index (χ0v) is 20.4. The highest BCUT2D eigenvalue weighted by Crippen LogP contribution is 2.61. The third-order valence-electron chi connectivity index (χ3n) is 8.13. The van der Waals surface area contributed by atoms with Crippen LogP contribution in [0.15, 0.2) is 6.07 Å². The summed E-state index contributed by atoms with van der Waals surface area (Å²) in [4.78, 5) is 37.4. The van der Waals surface area contributed by atoms with E-state index in [0.717, 1.165) is 48.4 Å². The zero-order chi connectivity index (χ0) is 23.8. The van der Waals surface area contributed by atoms with Crippen LogP contribution in [0.2, 0.25) is 0 Å². The number of carbonyl (C=O) groups excluding carboxylic acids is 3. The Morgan fingerprint density at radius 3 is 2.30 bits per heavy atom. The molecule has 0 aliphatic heterocycles. The Kier molecular flexibility index (Phi) is 6.99. The molecular formula is C26H38N2O5. The molecule has 4 fully saturated rings. The number of amides is 1. The molecule has 7 nitrogen and oxygen atoms in total. The number of Topliss-reactive ketones (excluding diaryl/α,β-unsaturated/α-hetero) is 1. The van der Waals surface area contributed by atoms with Crippen molar-refractivity contribution in [2.24, 2.45) is 23.2 Å². The van der Waals surface area contributed by atoms with Gasteiger partial charge in [-0.1, -0.05) is 0 Å². The van der Waals surface area contributed by atoms with Gasteiger partial charge in [0.2, 0.25) is 11.7 Å². The number of hydrogen-bond acceptors (Lipinski definition) is 5. The Hall–Kier alpha value is -2.15. The average Bonchev–Trinajstić information content (AvgIpc) is 3.03. The van der Waals surface area contributed by atoms with Gasteiger partial charge in [0.05, 0.1) is 12.6 Å². The molecule has 1 N–H and O–H groups in total. The van der Waals surface area contributed by atoms with Gasteiger partial charge in [-0.3, -0.25) is 14.4 Å². The lowest BCUT2D eigenvalue weighted by molar-refractivity contribution is -0.143. The topological polar surface area (TPSA) is 86.6 Å². The van der Waals surface area contributed by atoms with Crippen LogP contribution in [0.3, 0.4) is 0 Å². The molecule has 4 saturated carbocycles. The summed E-state index contributed by atoms with van der Waals surface area (Å²) in [5.74, 6) is 1.48. The fourth-order valence-corrected chi connectivity index (χ4v) is 7.41. The second-order valence-corrected chi connectivity index (χ2v) is 10.9. The molecule has 1 unspecified atom stereocenters. The first-order chi connectivity index (χ1) is 15.7. The van der Waals surface area contributed by atoms with E-state index in [1.54, 1.807) is 7.11 Å². The third-order valence-corrected chi connectivity index (χ3v) is 8.13. The number of nitrogens with one attached hydrogen (secondary N) is 1. The molecule has 1 aromatic heterocycles. The van der Waals surface area contributed by atoms with Crippen LogP contribution in [0.5, 0.6) is 0 Å². The summed E-state index contributed by atoms with van der Waals surface area (Å²) in [7, 11) is 1.65. The lowest BCUT2D eigenvalue weighted by Crippen LogP contribution is -2.48. The molecule has 0 aromatic carbocycles. The summed E-state index contributed by atoms with van der Waals surface area (Å²) in [5.41, 5.74) is 2.49. The van der Waals surface area contributed by atoms with Crippen molar-refractivity contribution < 1.29 is 23.9 Å². The highest BCUT2D eigenvalue weighted by Gasteiger charge is 2.51. The molecule has 4 aliphatic carbocycles. The average molecular weight is 459 g/mol. The SMILES string of the molecule is COCC(C)n1c(C)cc(C(=O)COC(=O)CNC(=O)CC23CC4CC(CC(C4)C2)C3)c1C. The summed E-state index contributed by atoms with van der Waals surface area (Å²) in [5, 5.41) is 2.73. The summed E-state index contributed by atoms with van der Waals surface area (Å²) >= 11 is 0. The third kappa shape index (κ3) is 5.18. The van der Waals surface area contributed by atoms with E-state index in [1.807, 2.05) is 26.8 Å². The minimum Gasteiger partial charge on any atom is -0.456 e. The van der Waals surface area contributed by atoms with Crippen molar-refractivity contribution >= 4 is 17.7 Å². The van der Waals surface area contributed by atoms with Gasteiger partial charge in [-0.25, -0.2) is 0 Å². The van der Waals surface area contributed by atoms with Crippen molar-refractivity contribution in [3.05, 3.63) is 23.0 Å². The van der Waals surface area contributed by atoms with Crippen molar-refractivity contribution in [2.75, 3.05) is 26.9 Å². The molecule has 1 atom stereocenters. The number of aryl methyl sites for hydroxylation is 1. The van der Waals surface area contributed by atoms with E-state index < -0.39 is 5.97 Å². The van der Waals surface area contributed by atoms with E-state index in [1.165, 1.54) is 19.3 Å². The molecule has 1 aromatic rings. The smallest absolute Gasteiger partial charge is 0.325 e. The number of carbonyl (C=O) groups is 3. The number of hydrogen-bond donors (Lipinski definition) is 1. The summed E-state index contributed by atoms with van der Waals surface area (Å²) < 4.78 is 12.5. The van der Waals surface area contributed by atoms with Crippen molar-refractivity contribution in [3.63, 3.8) is 0 Å². The molecule has 0 spiro atoms. The minimum absolute atomic E-state index is 0.0732. The maximum atomic E-state index is 12.7. The molecule has 5 rings (SSSR count). The van der Waals surface area contributed by atoms with E-state index >= 15 is 0 Å². The normalized spacial score (nSPS) is 28.5. The van der Waals surface area contributed by atoms with Gasteiger partial charge in [-0.05, 0) is 88.5 Å². The molecule has 33 heavy (non-hydrogen) atoms. The van der Waals surface area contributed by atoms with E-state index in [2.05, 4.69) is 9.88 Å². The largest absolute Gasteiger partial charge is 0.456 e. The van der Waals surface area contributed by atoms with Crippen molar-refractivity contribution in [2.45, 2.75) is 71.8 Å². The maximum absolute atomic E-state index is 12.7. The second kappa shape index (κ2) is 9.61. The van der Waals surface area contributed by atoms with Gasteiger partial charge in [0.1, 0.15) is 6.54 Å². The van der Waals surface area contributed by atoms with Gasteiger partial charge in [0.25, 0.3) is 0 Å². The molecule has 0 saturated heterocycles. The van der Waals surface area contributed by atoms with Crippen LogP contribution in [0.1, 0.15) is 79.7 Å². The first-order valence-corrected chi connectivity index (χ1v) is 12.3. The Labute approximate surface area is 196 Å². The highest BCUT2D eigenvalue weighted by atomic mass is 16.5. The Balaban J connectivity index is 1.23. The Morgan fingerprint density at radius 2 is 1.73 bits per heavy atom. The molecule has 182 valence electrons. The molecular weight excluding hydrogens is 420 g/mol. The molecule has 4 bridgehead atoms. The van der Waals surface area contributed by atoms with E-state index in [9.17, 15) is 14.4 Å². The number of nitrogens with zero attached hydrogens (tertiary/aromatic N) is 1. The zero-order valence-electron chi connectivity index (χ0n) is 20.4. The first-order valence-electron chi connectivity index (χ1n) is 12.3. The van der Waals surface area contributed by atoms with Gasteiger partial charge in [0.15, 0.2) is 6.61 Å². The van der Waals surface area contributed by atoms with Crippen LogP contribution in [0, 0.1) is 37.0 Å². The van der Waals surface area contributed by atoms with Gasteiger partial charge >= 0.3 is 5.97 Å². The fraction of sp³-hybridized carbons (Fsp3) is 0.731. The predicted molar refractivity (Wildman–Crippen MR) is 124 cm³/mol. The fourth-order valence-electron chi connectivity index (χ4n) is 7.41. The lowest BCUT2D eigenvalue weighted by Gasteiger charge is -2.56. The monoisotopic (exact) mass is 458 g/mol. The second-order valence-electron chi connectivity index (χ2n) is 10.9. The summed E-state index contributed by atoms with van der Waals surface area (Å²) in [6.45, 7) is 5.89. The van der Waals surface area contributed by atoms with Gasteiger partial charge in [-0.2, -0.15) is 0 Å². The molecule has 7 heteroatoms. The number of esters is 1. The quantitative estimate of drug-likeness (QED) is 0.426. The number of rotatable bonds is 10. The van der Waals surface area contributed by atoms with Crippen LogP contribution in [0.25, 0.3) is 0 Å². The summed E-state index contributed by atoms with van der Waals surface area (Å²) in [6.07, 6.45) is 8.01. The number of aromatic nitrogens is 1. The van der Waals surface area contributed by atoms with Crippen LogP contribution >= 0.6 is 0 Å². The van der Waals surface area contributed by atoms with Gasteiger partial charge in [-0.15, -0.1) is 0 Å². The number of ketones is 1. The van der Waals surface area contributed by atoms with Gasteiger partial charge in [0, 0.05) is 30.5 Å². The minimum atomic E-state index is -0.580. The van der Waals surface area contributed by atoms with Crippen molar-refractivity contribution in [1.82, 2.24) is 9.88 Å². The van der Waals surface area contributed by atoms with Crippen LogP contribution in [0.4, 0.5) is 0 Å². The van der Waals surface area contributed by atoms with E-state index in [0.29, 0.717) is 18.6 Å². The first kappa shape index (κ1) is 24.0. The van der Waals surface area contributed by atoms with Crippen LogP contribution in [-0.4, -0.2) is 49.1 Å². The van der Waals surface area contributed by atoms with Crippen molar-refractivity contribution in [3.8, 4) is 0 Å². The standard InChI is InChI=1S/C26H38N2O5/c1-16-5-22(18(3)28(16)17(2)14-32-4)23(29)15-33-25(31)13-27-24(30)12-26-9-19-6-20(10-26)8-21(7-19)11-26/h5,17,19-21H,6-15H2,1-4H3,(H,27,30). The number of methoxy groups -OCH3 is 1. The maximum Gasteiger partial charge on any atom is 0.325 e. The van der Waals surface area contributed by atoms with E-state index in [4.69, 9.17) is 9.47 Å². The van der Waals surface area contributed by atoms with Crippen LogP contribution in [-0.2, 0) is 19.1 Å².